The van der Waals surface area contributed by atoms with Crippen LogP contribution in [0.4, 0.5) is 4.39 Å². The summed E-state index contributed by atoms with van der Waals surface area (Å²) in [6, 6.07) is 0. The zero-order chi connectivity index (χ0) is 7.28. The maximum Gasteiger partial charge on any atom is 0.0976 e. The van der Waals surface area contributed by atoms with Crippen LogP contribution in [0.5, 0.6) is 0 Å². The molecule has 0 saturated heterocycles. The summed E-state index contributed by atoms with van der Waals surface area (Å²) in [6.45, 7) is 7.22. The van der Waals surface area contributed by atoms with Gasteiger partial charge in [0, 0.05) is 0 Å². The number of hydrogen-bond acceptors (Lipinski definition) is 0. The van der Waals surface area contributed by atoms with E-state index in [9.17, 15) is 4.39 Å². The lowest BCUT2D eigenvalue weighted by Gasteiger charge is -2.07. The predicted molar refractivity (Wildman–Crippen MR) is 39.2 cm³/mol. The van der Waals surface area contributed by atoms with E-state index in [4.69, 9.17) is 0 Å². The number of alkyl halides is 1. The normalized spacial score (nSPS) is 16.8. The van der Waals surface area contributed by atoms with Crippen LogP contribution in [0.1, 0.15) is 26.7 Å². The largest absolute Gasteiger partial charge is 0.248 e. The molecule has 0 aromatic carbocycles. The van der Waals surface area contributed by atoms with Crippen molar-refractivity contribution in [1.29, 1.82) is 0 Å². The third-order valence-corrected chi connectivity index (χ3v) is 1.30. The Hall–Kier alpha value is -0.330. The molecule has 9 heavy (non-hydrogen) atoms. The first-order valence-corrected chi connectivity index (χ1v) is 3.41. The van der Waals surface area contributed by atoms with Crippen molar-refractivity contribution in [2.24, 2.45) is 5.92 Å². The molecule has 0 heterocycles. The molecule has 0 aliphatic carbocycles. The second-order valence-electron chi connectivity index (χ2n) is 2.65. The standard InChI is InChI=1S/C8H15F/c1-4-5-7(2)6-8(3)9/h4,7-8H,1,5-6H2,2-3H3. The summed E-state index contributed by atoms with van der Waals surface area (Å²) in [7, 11) is 0. The van der Waals surface area contributed by atoms with Crippen molar-refractivity contribution in [2.45, 2.75) is 32.9 Å². The molecule has 0 radical (unpaired) electrons. The highest BCUT2D eigenvalue weighted by Crippen LogP contribution is 2.11. The van der Waals surface area contributed by atoms with Crippen LogP contribution >= 0.6 is 0 Å². The number of hydrogen-bond donors (Lipinski definition) is 0. The molecule has 54 valence electrons. The average molecular weight is 130 g/mol. The van der Waals surface area contributed by atoms with Crippen molar-refractivity contribution in [1.82, 2.24) is 0 Å². The van der Waals surface area contributed by atoms with Gasteiger partial charge in [0.15, 0.2) is 0 Å². The van der Waals surface area contributed by atoms with Gasteiger partial charge in [-0.15, -0.1) is 6.58 Å². The van der Waals surface area contributed by atoms with Gasteiger partial charge in [0.1, 0.15) is 0 Å². The van der Waals surface area contributed by atoms with Gasteiger partial charge in [-0.1, -0.05) is 13.0 Å². The van der Waals surface area contributed by atoms with Crippen LogP contribution in [-0.2, 0) is 0 Å². The third-order valence-electron chi connectivity index (χ3n) is 1.30. The zero-order valence-electron chi connectivity index (χ0n) is 6.23. The Morgan fingerprint density at radius 3 is 2.44 bits per heavy atom. The molecule has 0 bridgehead atoms. The Bertz CT molecular complexity index is 76.6. The van der Waals surface area contributed by atoms with E-state index in [1.54, 1.807) is 6.92 Å². The second-order valence-corrected chi connectivity index (χ2v) is 2.65. The summed E-state index contributed by atoms with van der Waals surface area (Å²) in [6.07, 6.45) is 2.76. The molecule has 0 rings (SSSR count). The van der Waals surface area contributed by atoms with Crippen LogP contribution in [0.3, 0.4) is 0 Å². The first-order chi connectivity index (χ1) is 4.16. The second kappa shape index (κ2) is 4.54. The lowest BCUT2D eigenvalue weighted by atomic mass is 10.0. The van der Waals surface area contributed by atoms with Crippen LogP contribution in [0.15, 0.2) is 12.7 Å². The molecule has 0 spiro atoms. The molecule has 0 N–H and O–H groups in total. The maximum absolute atomic E-state index is 12.2. The van der Waals surface area contributed by atoms with Gasteiger partial charge in [0.2, 0.25) is 0 Å². The number of halogens is 1. The SMILES string of the molecule is C=CCC(C)CC(C)F. The summed E-state index contributed by atoms with van der Waals surface area (Å²) in [4.78, 5) is 0. The number of allylic oxidation sites excluding steroid dienone is 1. The van der Waals surface area contributed by atoms with Crippen LogP contribution in [0.2, 0.25) is 0 Å². The molecule has 0 aliphatic rings. The minimum atomic E-state index is -0.667. The quantitative estimate of drug-likeness (QED) is 0.513. The molecule has 2 unspecified atom stereocenters. The Balaban J connectivity index is 3.25. The molecule has 0 fully saturated rings. The topological polar surface area (TPSA) is 0 Å². The average Bonchev–Trinajstić information content (AvgIpc) is 1.63. The first-order valence-electron chi connectivity index (χ1n) is 3.41. The van der Waals surface area contributed by atoms with E-state index < -0.39 is 6.17 Å². The predicted octanol–water partition coefficient (Wildman–Crippen LogP) is 2.95. The highest BCUT2D eigenvalue weighted by atomic mass is 19.1. The van der Waals surface area contributed by atoms with E-state index in [1.165, 1.54) is 0 Å². The molecule has 0 aromatic heterocycles. The van der Waals surface area contributed by atoms with E-state index in [2.05, 4.69) is 6.58 Å². The van der Waals surface area contributed by atoms with Gasteiger partial charge < -0.3 is 0 Å². The minimum absolute atomic E-state index is 0.447. The smallest absolute Gasteiger partial charge is 0.0976 e. The van der Waals surface area contributed by atoms with E-state index >= 15 is 0 Å². The molecular weight excluding hydrogens is 115 g/mol. The summed E-state index contributed by atoms with van der Waals surface area (Å²) in [5.41, 5.74) is 0. The van der Waals surface area contributed by atoms with E-state index in [-0.39, 0.29) is 0 Å². The monoisotopic (exact) mass is 130 g/mol. The van der Waals surface area contributed by atoms with Crippen molar-refractivity contribution < 1.29 is 4.39 Å². The molecule has 0 saturated carbocycles. The van der Waals surface area contributed by atoms with Crippen LogP contribution in [0, 0.1) is 5.92 Å². The lowest BCUT2D eigenvalue weighted by molar-refractivity contribution is 0.298. The molecule has 1 heteroatoms. The summed E-state index contributed by atoms with van der Waals surface area (Å²) in [5, 5.41) is 0. The lowest BCUT2D eigenvalue weighted by Crippen LogP contribution is -2.01. The van der Waals surface area contributed by atoms with E-state index in [1.807, 2.05) is 13.0 Å². The van der Waals surface area contributed by atoms with Crippen molar-refractivity contribution in [3.63, 3.8) is 0 Å². The van der Waals surface area contributed by atoms with Crippen LogP contribution in [-0.4, -0.2) is 6.17 Å². The molecule has 0 aromatic rings. The van der Waals surface area contributed by atoms with Gasteiger partial charge in [-0.25, -0.2) is 4.39 Å². The summed E-state index contributed by atoms with van der Waals surface area (Å²) in [5.74, 6) is 0.447. The highest BCUT2D eigenvalue weighted by molar-refractivity contribution is 4.71. The van der Waals surface area contributed by atoms with Gasteiger partial charge >= 0.3 is 0 Å². The molecule has 0 nitrogen and oxygen atoms in total. The first kappa shape index (κ1) is 8.67. The van der Waals surface area contributed by atoms with Crippen molar-refractivity contribution in [3.8, 4) is 0 Å². The summed E-state index contributed by atoms with van der Waals surface area (Å²) < 4.78 is 12.2. The van der Waals surface area contributed by atoms with Gasteiger partial charge in [-0.2, -0.15) is 0 Å². The minimum Gasteiger partial charge on any atom is -0.248 e. The Labute approximate surface area is 56.8 Å². The fourth-order valence-corrected chi connectivity index (χ4v) is 0.935. The highest BCUT2D eigenvalue weighted by Gasteiger charge is 2.04. The van der Waals surface area contributed by atoms with Gasteiger partial charge in [-0.05, 0) is 25.7 Å². The molecule has 0 aliphatic heterocycles. The third kappa shape index (κ3) is 5.54. The molecule has 2 atom stereocenters. The van der Waals surface area contributed by atoms with Crippen LogP contribution < -0.4 is 0 Å². The Kier molecular flexibility index (Phi) is 4.37. The molecular formula is C8H15F. The van der Waals surface area contributed by atoms with Gasteiger partial charge in [-0.3, -0.25) is 0 Å². The Morgan fingerprint density at radius 2 is 2.11 bits per heavy atom. The molecule has 0 amide bonds. The van der Waals surface area contributed by atoms with Crippen molar-refractivity contribution in [3.05, 3.63) is 12.7 Å². The Morgan fingerprint density at radius 1 is 1.56 bits per heavy atom. The van der Waals surface area contributed by atoms with Gasteiger partial charge in [0.25, 0.3) is 0 Å². The fourth-order valence-electron chi connectivity index (χ4n) is 0.935. The van der Waals surface area contributed by atoms with Crippen molar-refractivity contribution in [2.75, 3.05) is 0 Å². The number of rotatable bonds is 4. The summed E-state index contributed by atoms with van der Waals surface area (Å²) >= 11 is 0. The van der Waals surface area contributed by atoms with E-state index in [0.29, 0.717) is 12.3 Å². The van der Waals surface area contributed by atoms with Gasteiger partial charge in [0.05, 0.1) is 6.17 Å². The maximum atomic E-state index is 12.2. The van der Waals surface area contributed by atoms with E-state index in [0.717, 1.165) is 6.42 Å². The zero-order valence-corrected chi connectivity index (χ0v) is 6.23. The van der Waals surface area contributed by atoms with Crippen LogP contribution in [0.25, 0.3) is 0 Å². The van der Waals surface area contributed by atoms with Crippen molar-refractivity contribution >= 4 is 0 Å². The fraction of sp³-hybridized carbons (Fsp3) is 0.750.